The highest BCUT2D eigenvalue weighted by Crippen LogP contribution is 2.24. The molecule has 23 heavy (non-hydrogen) atoms. The molecule has 0 saturated heterocycles. The maximum absolute atomic E-state index is 12.2. The first-order valence-corrected chi connectivity index (χ1v) is 8.31. The minimum absolute atomic E-state index is 0.0223. The monoisotopic (exact) mass is 335 g/mol. The number of carboxylic acids is 1. The molecule has 122 valence electrons. The average Bonchev–Trinajstić information content (AvgIpc) is 2.54. The molecule has 0 amide bonds. The molecule has 0 atom stereocenters. The molecule has 0 spiro atoms. The molecular weight excluding hydrogens is 318 g/mol. The fraction of sp³-hybridized carbons (Fsp3) is 0.267. The van der Waals surface area contributed by atoms with Crippen molar-refractivity contribution in [1.82, 2.24) is 14.7 Å². The molecule has 0 aliphatic heterocycles. The molecule has 0 bridgehead atoms. The van der Waals surface area contributed by atoms with Crippen molar-refractivity contribution in [3.05, 3.63) is 54.1 Å². The van der Waals surface area contributed by atoms with Crippen LogP contribution >= 0.6 is 0 Å². The number of carboxylic acid groups (broad SMARTS) is 1. The summed E-state index contributed by atoms with van der Waals surface area (Å²) >= 11 is 0. The van der Waals surface area contributed by atoms with E-state index in [9.17, 15) is 18.3 Å². The molecule has 2 rings (SSSR count). The van der Waals surface area contributed by atoms with Gasteiger partial charge in [-0.3, -0.25) is 4.79 Å². The minimum atomic E-state index is -3.72. The largest absolute Gasteiger partial charge is 0.481 e. The van der Waals surface area contributed by atoms with Gasteiger partial charge in [-0.25, -0.2) is 23.1 Å². The van der Waals surface area contributed by atoms with E-state index in [-0.39, 0.29) is 11.4 Å². The Bertz CT molecular complexity index is 787. The molecule has 0 aliphatic carbocycles. The highest BCUT2D eigenvalue weighted by Gasteiger charge is 2.29. The van der Waals surface area contributed by atoms with E-state index in [0.717, 1.165) is 0 Å². The van der Waals surface area contributed by atoms with E-state index in [0.29, 0.717) is 11.4 Å². The lowest BCUT2D eigenvalue weighted by Crippen LogP contribution is -2.28. The first kappa shape index (κ1) is 17.0. The van der Waals surface area contributed by atoms with Crippen LogP contribution in [0.1, 0.15) is 25.2 Å². The summed E-state index contributed by atoms with van der Waals surface area (Å²) in [5, 5.41) is 9.19. The Balaban J connectivity index is 2.16. The number of hydrogen-bond acceptors (Lipinski definition) is 5. The second kappa shape index (κ2) is 6.43. The van der Waals surface area contributed by atoms with Gasteiger partial charge in [0, 0.05) is 12.4 Å². The summed E-state index contributed by atoms with van der Waals surface area (Å²) in [6.07, 6.45) is 3.05. The summed E-state index contributed by atoms with van der Waals surface area (Å²) in [6.45, 7) is 3.10. The molecule has 2 N–H and O–H groups in total. The Morgan fingerprint density at radius 3 is 2.26 bits per heavy atom. The van der Waals surface area contributed by atoms with Gasteiger partial charge in [-0.2, -0.15) is 0 Å². The van der Waals surface area contributed by atoms with Crippen molar-refractivity contribution in [3.8, 4) is 0 Å². The van der Waals surface area contributed by atoms with Gasteiger partial charge >= 0.3 is 5.97 Å². The van der Waals surface area contributed by atoms with Crippen LogP contribution in [0.4, 0.5) is 0 Å². The average molecular weight is 335 g/mol. The number of hydrogen-bond donors (Lipinski definition) is 2. The van der Waals surface area contributed by atoms with Gasteiger partial charge < -0.3 is 5.11 Å². The van der Waals surface area contributed by atoms with E-state index in [4.69, 9.17) is 0 Å². The Morgan fingerprint density at radius 1 is 1.17 bits per heavy atom. The third kappa shape index (κ3) is 3.91. The van der Waals surface area contributed by atoms with Crippen LogP contribution in [-0.2, 0) is 26.8 Å². The third-order valence-corrected chi connectivity index (χ3v) is 4.88. The van der Waals surface area contributed by atoms with Crippen LogP contribution in [0.5, 0.6) is 0 Å². The molecule has 1 aromatic heterocycles. The summed E-state index contributed by atoms with van der Waals surface area (Å²) in [6, 6.07) is 7.41. The summed E-state index contributed by atoms with van der Waals surface area (Å²) in [5.74, 6) is -0.618. The normalized spacial score (nSPS) is 12.1. The van der Waals surface area contributed by atoms with Gasteiger partial charge in [0.05, 0.1) is 16.9 Å². The number of aliphatic carboxylic acids is 1. The lowest BCUT2D eigenvalue weighted by Gasteiger charge is -2.19. The molecule has 0 saturated carbocycles. The van der Waals surface area contributed by atoms with Crippen molar-refractivity contribution in [3.63, 3.8) is 0 Å². The van der Waals surface area contributed by atoms with Gasteiger partial charge in [-0.1, -0.05) is 12.1 Å². The second-order valence-electron chi connectivity index (χ2n) is 5.44. The Hall–Kier alpha value is -2.32. The zero-order valence-corrected chi connectivity index (χ0v) is 13.5. The zero-order chi connectivity index (χ0) is 17.1. The number of aromatic nitrogens is 2. The molecule has 1 aromatic carbocycles. The fourth-order valence-electron chi connectivity index (χ4n) is 1.84. The molecule has 0 aliphatic rings. The maximum atomic E-state index is 12.2. The highest BCUT2D eigenvalue weighted by molar-refractivity contribution is 7.89. The first-order chi connectivity index (χ1) is 10.7. The number of rotatable bonds is 6. The molecule has 0 unspecified atom stereocenters. The van der Waals surface area contributed by atoms with E-state index in [1.165, 1.54) is 36.7 Å². The number of sulfonamides is 1. The number of carbonyl (C=O) groups is 1. The Morgan fingerprint density at radius 2 is 1.74 bits per heavy atom. The van der Waals surface area contributed by atoms with Gasteiger partial charge in [0.1, 0.15) is 5.82 Å². The van der Waals surface area contributed by atoms with E-state index in [1.54, 1.807) is 19.9 Å². The molecule has 0 radical (unpaired) electrons. The van der Waals surface area contributed by atoms with Crippen LogP contribution in [0.15, 0.2) is 47.6 Å². The predicted octanol–water partition coefficient (Wildman–Crippen LogP) is 1.32. The SMILES string of the molecule is CC(C)(C(=O)O)c1ccc(S(=O)(=O)NCc2ncccn2)cc1. The van der Waals surface area contributed by atoms with Crippen LogP contribution in [0.2, 0.25) is 0 Å². The molecule has 2 aromatic rings. The highest BCUT2D eigenvalue weighted by atomic mass is 32.2. The quantitative estimate of drug-likeness (QED) is 0.824. The molecule has 0 fully saturated rings. The van der Waals surface area contributed by atoms with Crippen LogP contribution in [-0.4, -0.2) is 29.5 Å². The van der Waals surface area contributed by atoms with E-state index in [2.05, 4.69) is 14.7 Å². The fourth-order valence-corrected chi connectivity index (χ4v) is 2.82. The zero-order valence-electron chi connectivity index (χ0n) is 12.7. The maximum Gasteiger partial charge on any atom is 0.313 e. The number of nitrogens with one attached hydrogen (secondary N) is 1. The van der Waals surface area contributed by atoms with Gasteiger partial charge in [0.2, 0.25) is 10.0 Å². The van der Waals surface area contributed by atoms with Crippen molar-refractivity contribution in [2.24, 2.45) is 0 Å². The Kier molecular flexibility index (Phi) is 4.76. The summed E-state index contributed by atoms with van der Waals surface area (Å²) in [7, 11) is -3.72. The third-order valence-electron chi connectivity index (χ3n) is 3.46. The number of benzene rings is 1. The predicted molar refractivity (Wildman–Crippen MR) is 83.2 cm³/mol. The summed E-state index contributed by atoms with van der Waals surface area (Å²) in [5.41, 5.74) is -0.566. The van der Waals surface area contributed by atoms with Gasteiger partial charge in [0.25, 0.3) is 0 Å². The van der Waals surface area contributed by atoms with Crippen molar-refractivity contribution in [1.29, 1.82) is 0 Å². The van der Waals surface area contributed by atoms with Gasteiger partial charge in [0.15, 0.2) is 0 Å². The molecule has 1 heterocycles. The van der Waals surface area contributed by atoms with E-state index >= 15 is 0 Å². The summed E-state index contributed by atoms with van der Waals surface area (Å²) < 4.78 is 26.8. The van der Waals surface area contributed by atoms with Gasteiger partial charge in [-0.15, -0.1) is 0 Å². The van der Waals surface area contributed by atoms with Crippen LogP contribution in [0.25, 0.3) is 0 Å². The first-order valence-electron chi connectivity index (χ1n) is 6.83. The van der Waals surface area contributed by atoms with E-state index < -0.39 is 21.4 Å². The van der Waals surface area contributed by atoms with Crippen LogP contribution < -0.4 is 4.72 Å². The van der Waals surface area contributed by atoms with Crippen LogP contribution in [0.3, 0.4) is 0 Å². The van der Waals surface area contributed by atoms with Gasteiger partial charge in [-0.05, 0) is 37.6 Å². The van der Waals surface area contributed by atoms with Crippen molar-refractivity contribution in [2.45, 2.75) is 30.7 Å². The van der Waals surface area contributed by atoms with Crippen molar-refractivity contribution >= 4 is 16.0 Å². The van der Waals surface area contributed by atoms with Crippen LogP contribution in [0, 0.1) is 0 Å². The van der Waals surface area contributed by atoms with E-state index in [1.807, 2.05) is 0 Å². The standard InChI is InChI=1S/C15H17N3O4S/c1-15(2,14(19)20)11-4-6-12(7-5-11)23(21,22)18-10-13-16-8-3-9-17-13/h3-9,18H,10H2,1-2H3,(H,19,20). The molecular formula is C15H17N3O4S. The second-order valence-corrected chi connectivity index (χ2v) is 7.21. The molecule has 7 nitrogen and oxygen atoms in total. The topological polar surface area (TPSA) is 109 Å². The smallest absolute Gasteiger partial charge is 0.313 e. The lowest BCUT2D eigenvalue weighted by atomic mass is 9.85. The molecule has 8 heteroatoms. The Labute approximate surface area is 134 Å². The van der Waals surface area contributed by atoms with Crippen molar-refractivity contribution < 1.29 is 18.3 Å². The minimum Gasteiger partial charge on any atom is -0.481 e. The lowest BCUT2D eigenvalue weighted by molar-refractivity contribution is -0.142. The summed E-state index contributed by atoms with van der Waals surface area (Å²) in [4.78, 5) is 19.1. The number of nitrogens with zero attached hydrogens (tertiary/aromatic N) is 2. The van der Waals surface area contributed by atoms with Crippen molar-refractivity contribution in [2.75, 3.05) is 0 Å².